The summed E-state index contributed by atoms with van der Waals surface area (Å²) in [6, 6.07) is 2.27. The molecule has 0 radical (unpaired) electrons. The maximum absolute atomic E-state index is 4.57. The molecule has 0 spiro atoms. The SMILES string of the molecule is CCc1cc(CC(CNCC(C)C)CC(C)C)n(C)n1. The Kier molecular flexibility index (Phi) is 7.28. The van der Waals surface area contributed by atoms with Crippen LogP contribution in [0.3, 0.4) is 0 Å². The highest BCUT2D eigenvalue weighted by Crippen LogP contribution is 2.17. The summed E-state index contributed by atoms with van der Waals surface area (Å²) >= 11 is 0. The Hall–Kier alpha value is -0.830. The highest BCUT2D eigenvalue weighted by atomic mass is 15.3. The third-order valence-corrected chi connectivity index (χ3v) is 3.68. The van der Waals surface area contributed by atoms with Gasteiger partial charge in [-0.2, -0.15) is 5.10 Å². The fourth-order valence-corrected chi connectivity index (χ4v) is 2.71. The molecular formula is C17H33N3. The predicted molar refractivity (Wildman–Crippen MR) is 86.9 cm³/mol. The number of hydrogen-bond donors (Lipinski definition) is 1. The number of nitrogens with one attached hydrogen (secondary N) is 1. The smallest absolute Gasteiger partial charge is 0.0624 e. The van der Waals surface area contributed by atoms with Gasteiger partial charge in [-0.1, -0.05) is 34.6 Å². The second-order valence-electron chi connectivity index (χ2n) is 6.86. The standard InChI is InChI=1S/C17H33N3/c1-7-16-10-17(20(6)19-16)9-15(8-13(2)3)12-18-11-14(4)5/h10,13-15,18H,7-9,11-12H2,1-6H3. The summed E-state index contributed by atoms with van der Waals surface area (Å²) in [4.78, 5) is 0. The van der Waals surface area contributed by atoms with E-state index in [1.807, 2.05) is 0 Å². The summed E-state index contributed by atoms with van der Waals surface area (Å²) < 4.78 is 2.06. The number of rotatable bonds is 9. The van der Waals surface area contributed by atoms with E-state index >= 15 is 0 Å². The minimum Gasteiger partial charge on any atom is -0.316 e. The average molecular weight is 279 g/mol. The Morgan fingerprint density at radius 3 is 2.35 bits per heavy atom. The zero-order valence-corrected chi connectivity index (χ0v) is 14.2. The topological polar surface area (TPSA) is 29.9 Å². The van der Waals surface area contributed by atoms with Crippen molar-refractivity contribution >= 4 is 0 Å². The molecule has 0 aromatic carbocycles. The second-order valence-corrected chi connectivity index (χ2v) is 6.86. The van der Waals surface area contributed by atoms with Gasteiger partial charge in [0, 0.05) is 12.7 Å². The third kappa shape index (κ3) is 6.08. The normalized spacial score (nSPS) is 13.4. The van der Waals surface area contributed by atoms with Gasteiger partial charge in [0.15, 0.2) is 0 Å². The van der Waals surface area contributed by atoms with E-state index in [4.69, 9.17) is 0 Å². The first kappa shape index (κ1) is 17.2. The fourth-order valence-electron chi connectivity index (χ4n) is 2.71. The van der Waals surface area contributed by atoms with Gasteiger partial charge in [0.25, 0.3) is 0 Å². The van der Waals surface area contributed by atoms with Crippen molar-refractivity contribution < 1.29 is 0 Å². The molecule has 1 N–H and O–H groups in total. The van der Waals surface area contributed by atoms with Crippen LogP contribution in [-0.4, -0.2) is 22.9 Å². The number of aryl methyl sites for hydroxylation is 2. The van der Waals surface area contributed by atoms with E-state index in [1.165, 1.54) is 17.8 Å². The van der Waals surface area contributed by atoms with Crippen molar-refractivity contribution in [2.24, 2.45) is 24.8 Å². The van der Waals surface area contributed by atoms with Crippen molar-refractivity contribution in [3.8, 4) is 0 Å². The molecule has 0 fully saturated rings. The van der Waals surface area contributed by atoms with Crippen molar-refractivity contribution in [3.63, 3.8) is 0 Å². The van der Waals surface area contributed by atoms with Crippen LogP contribution in [0.5, 0.6) is 0 Å². The highest BCUT2D eigenvalue weighted by molar-refractivity contribution is 5.11. The molecule has 0 aliphatic rings. The lowest BCUT2D eigenvalue weighted by molar-refractivity contribution is 0.370. The lowest BCUT2D eigenvalue weighted by atomic mass is 9.92. The van der Waals surface area contributed by atoms with Crippen LogP contribution < -0.4 is 5.32 Å². The molecule has 0 bridgehead atoms. The van der Waals surface area contributed by atoms with Gasteiger partial charge in [0.1, 0.15) is 0 Å². The van der Waals surface area contributed by atoms with Crippen LogP contribution in [0.25, 0.3) is 0 Å². The Morgan fingerprint density at radius 2 is 1.85 bits per heavy atom. The number of nitrogens with zero attached hydrogens (tertiary/aromatic N) is 2. The predicted octanol–water partition coefficient (Wildman–Crippen LogP) is 3.43. The van der Waals surface area contributed by atoms with Crippen LogP contribution in [0, 0.1) is 17.8 Å². The maximum atomic E-state index is 4.57. The van der Waals surface area contributed by atoms with Gasteiger partial charge < -0.3 is 5.32 Å². The van der Waals surface area contributed by atoms with E-state index in [1.54, 1.807) is 0 Å². The van der Waals surface area contributed by atoms with Crippen LogP contribution in [-0.2, 0) is 19.9 Å². The monoisotopic (exact) mass is 279 g/mol. The zero-order chi connectivity index (χ0) is 15.1. The van der Waals surface area contributed by atoms with E-state index in [0.717, 1.165) is 37.8 Å². The van der Waals surface area contributed by atoms with Gasteiger partial charge in [-0.25, -0.2) is 0 Å². The van der Waals surface area contributed by atoms with E-state index in [0.29, 0.717) is 5.92 Å². The molecule has 3 heteroatoms. The zero-order valence-electron chi connectivity index (χ0n) is 14.2. The van der Waals surface area contributed by atoms with Crippen molar-refractivity contribution in [1.29, 1.82) is 0 Å². The Bertz CT molecular complexity index is 380. The lowest BCUT2D eigenvalue weighted by Gasteiger charge is -2.20. The molecule has 1 unspecified atom stereocenters. The summed E-state index contributed by atoms with van der Waals surface area (Å²) in [6.45, 7) is 13.6. The molecule has 0 saturated heterocycles. The summed E-state index contributed by atoms with van der Waals surface area (Å²) in [5, 5.41) is 8.19. The van der Waals surface area contributed by atoms with Crippen molar-refractivity contribution in [2.75, 3.05) is 13.1 Å². The van der Waals surface area contributed by atoms with Crippen LogP contribution in [0.15, 0.2) is 6.07 Å². The van der Waals surface area contributed by atoms with Gasteiger partial charge in [-0.3, -0.25) is 4.68 Å². The summed E-state index contributed by atoms with van der Waals surface area (Å²) in [7, 11) is 2.07. The Balaban J connectivity index is 2.60. The second kappa shape index (κ2) is 8.46. The molecule has 0 amide bonds. The molecule has 3 nitrogen and oxygen atoms in total. The van der Waals surface area contributed by atoms with Crippen molar-refractivity contribution in [1.82, 2.24) is 15.1 Å². The van der Waals surface area contributed by atoms with E-state index < -0.39 is 0 Å². The molecule has 1 atom stereocenters. The van der Waals surface area contributed by atoms with Crippen LogP contribution in [0.4, 0.5) is 0 Å². The Morgan fingerprint density at radius 1 is 1.15 bits per heavy atom. The molecule has 1 aromatic rings. The van der Waals surface area contributed by atoms with Gasteiger partial charge in [-0.05, 0) is 56.2 Å². The number of hydrogen-bond acceptors (Lipinski definition) is 2. The fraction of sp³-hybridized carbons (Fsp3) is 0.824. The molecule has 1 heterocycles. The first-order valence-corrected chi connectivity index (χ1v) is 8.14. The molecule has 1 rings (SSSR count). The van der Waals surface area contributed by atoms with Crippen LogP contribution in [0.2, 0.25) is 0 Å². The number of aromatic nitrogens is 2. The van der Waals surface area contributed by atoms with E-state index in [9.17, 15) is 0 Å². The maximum Gasteiger partial charge on any atom is 0.0624 e. The molecule has 1 aromatic heterocycles. The molecule has 0 saturated carbocycles. The minimum absolute atomic E-state index is 0.703. The van der Waals surface area contributed by atoms with Crippen molar-refractivity contribution in [2.45, 2.75) is 53.9 Å². The van der Waals surface area contributed by atoms with Gasteiger partial charge in [-0.15, -0.1) is 0 Å². The van der Waals surface area contributed by atoms with Crippen molar-refractivity contribution in [3.05, 3.63) is 17.5 Å². The van der Waals surface area contributed by atoms with Crippen LogP contribution >= 0.6 is 0 Å². The summed E-state index contributed by atoms with van der Waals surface area (Å²) in [5.74, 6) is 2.17. The van der Waals surface area contributed by atoms with Gasteiger partial charge in [0.2, 0.25) is 0 Å². The van der Waals surface area contributed by atoms with E-state index in [2.05, 4.69) is 62.8 Å². The molecular weight excluding hydrogens is 246 g/mol. The average Bonchev–Trinajstić information content (AvgIpc) is 2.69. The minimum atomic E-state index is 0.703. The van der Waals surface area contributed by atoms with Crippen LogP contribution in [0.1, 0.15) is 52.4 Å². The summed E-state index contributed by atoms with van der Waals surface area (Å²) in [6.07, 6.45) is 3.43. The highest BCUT2D eigenvalue weighted by Gasteiger charge is 2.15. The molecule has 0 aliphatic heterocycles. The first-order valence-electron chi connectivity index (χ1n) is 8.14. The lowest BCUT2D eigenvalue weighted by Crippen LogP contribution is -2.28. The molecule has 116 valence electrons. The van der Waals surface area contributed by atoms with Gasteiger partial charge >= 0.3 is 0 Å². The largest absolute Gasteiger partial charge is 0.316 e. The first-order chi connectivity index (χ1) is 9.42. The van der Waals surface area contributed by atoms with Gasteiger partial charge in [0.05, 0.1) is 5.69 Å². The van der Waals surface area contributed by atoms with E-state index in [-0.39, 0.29) is 0 Å². The molecule has 20 heavy (non-hydrogen) atoms. The molecule has 0 aliphatic carbocycles. The summed E-state index contributed by atoms with van der Waals surface area (Å²) in [5.41, 5.74) is 2.58. The quantitative estimate of drug-likeness (QED) is 0.750. The third-order valence-electron chi connectivity index (χ3n) is 3.68. The Labute approximate surface area is 125 Å².